The van der Waals surface area contributed by atoms with Gasteiger partial charge in [0.15, 0.2) is 5.82 Å². The molecule has 2 saturated heterocycles. The van der Waals surface area contributed by atoms with Crippen molar-refractivity contribution in [1.29, 1.82) is 0 Å². The third-order valence-corrected chi connectivity index (χ3v) is 6.78. The van der Waals surface area contributed by atoms with Crippen LogP contribution in [-0.4, -0.2) is 79.1 Å². The Morgan fingerprint density at radius 2 is 1.86 bits per heavy atom. The summed E-state index contributed by atoms with van der Waals surface area (Å²) in [4.78, 5) is 21.5. The first-order valence-electron chi connectivity index (χ1n) is 11.8. The Morgan fingerprint density at radius 1 is 1.11 bits per heavy atom. The van der Waals surface area contributed by atoms with E-state index in [4.69, 9.17) is 14.0 Å². The van der Waals surface area contributed by atoms with Gasteiger partial charge < -0.3 is 23.8 Å². The molecule has 2 fully saturated rings. The normalized spacial score (nSPS) is 23.5. The standard InChI is InChI=1S/C24H31F3N4O4/c1-33-11-9-21-28-22(35-29-21)18-12-17(16-5-7-19(8-6-16)24(25,26)27)13-31(14-18)23(32)30-10-3-4-20(15-30)34-2/h5-8,17-18,20H,3-4,9-15H2,1-2H3. The minimum atomic E-state index is -4.40. The quantitative estimate of drug-likeness (QED) is 0.600. The van der Waals surface area contributed by atoms with Crippen LogP contribution in [0.3, 0.4) is 0 Å². The highest BCUT2D eigenvalue weighted by Gasteiger charge is 2.38. The number of rotatable bonds is 6. The number of ether oxygens (including phenoxy) is 2. The van der Waals surface area contributed by atoms with Gasteiger partial charge in [0.25, 0.3) is 0 Å². The minimum Gasteiger partial charge on any atom is -0.384 e. The highest BCUT2D eigenvalue weighted by molar-refractivity contribution is 5.75. The van der Waals surface area contributed by atoms with Crippen molar-refractivity contribution in [1.82, 2.24) is 19.9 Å². The molecule has 8 nitrogen and oxygen atoms in total. The number of amides is 2. The molecular weight excluding hydrogens is 465 g/mol. The number of piperidine rings is 2. The molecule has 0 spiro atoms. The number of likely N-dealkylation sites (tertiary alicyclic amines) is 2. The number of hydrogen-bond acceptors (Lipinski definition) is 6. The van der Waals surface area contributed by atoms with Crippen LogP contribution in [0, 0.1) is 0 Å². The van der Waals surface area contributed by atoms with E-state index in [-0.39, 0.29) is 24.0 Å². The number of carbonyl (C=O) groups excluding carboxylic acids is 1. The van der Waals surface area contributed by atoms with Gasteiger partial charge >= 0.3 is 12.2 Å². The third kappa shape index (κ3) is 6.13. The zero-order valence-corrected chi connectivity index (χ0v) is 20.0. The maximum atomic E-state index is 13.5. The van der Waals surface area contributed by atoms with Crippen molar-refractivity contribution in [2.75, 3.05) is 47.0 Å². The Bertz CT molecular complexity index is 982. The van der Waals surface area contributed by atoms with Crippen LogP contribution in [0.4, 0.5) is 18.0 Å². The lowest BCUT2D eigenvalue weighted by Crippen LogP contribution is -2.52. The number of carbonyl (C=O) groups is 1. The molecule has 0 bridgehead atoms. The van der Waals surface area contributed by atoms with E-state index in [2.05, 4.69) is 10.1 Å². The molecule has 0 aliphatic carbocycles. The maximum Gasteiger partial charge on any atom is 0.416 e. The number of hydrogen-bond donors (Lipinski definition) is 0. The summed E-state index contributed by atoms with van der Waals surface area (Å²) in [5.74, 6) is 0.554. The van der Waals surface area contributed by atoms with Gasteiger partial charge in [-0.15, -0.1) is 0 Å². The van der Waals surface area contributed by atoms with Gasteiger partial charge in [-0.1, -0.05) is 17.3 Å². The average Bonchev–Trinajstić information content (AvgIpc) is 3.35. The Hall–Kier alpha value is -2.66. The summed E-state index contributed by atoms with van der Waals surface area (Å²) in [5, 5.41) is 4.02. The van der Waals surface area contributed by atoms with Crippen LogP contribution in [0.5, 0.6) is 0 Å². The van der Waals surface area contributed by atoms with Crippen LogP contribution in [0.25, 0.3) is 0 Å². The van der Waals surface area contributed by atoms with E-state index in [9.17, 15) is 18.0 Å². The van der Waals surface area contributed by atoms with Crippen LogP contribution in [0.15, 0.2) is 28.8 Å². The molecular formula is C24H31F3N4O4. The molecule has 2 aliphatic heterocycles. The molecule has 1 aromatic heterocycles. The molecule has 0 saturated carbocycles. The zero-order chi connectivity index (χ0) is 25.0. The first kappa shape index (κ1) is 25.4. The van der Waals surface area contributed by atoms with E-state index < -0.39 is 11.7 Å². The lowest BCUT2D eigenvalue weighted by Gasteiger charge is -2.41. The van der Waals surface area contributed by atoms with Crippen molar-refractivity contribution in [3.63, 3.8) is 0 Å². The van der Waals surface area contributed by atoms with Crippen LogP contribution in [0.2, 0.25) is 0 Å². The van der Waals surface area contributed by atoms with Crippen molar-refractivity contribution in [2.45, 2.75) is 49.8 Å². The largest absolute Gasteiger partial charge is 0.416 e. The van der Waals surface area contributed by atoms with Gasteiger partial charge in [-0.25, -0.2) is 4.79 Å². The zero-order valence-electron chi connectivity index (χ0n) is 20.0. The summed E-state index contributed by atoms with van der Waals surface area (Å²) < 4.78 is 55.3. The van der Waals surface area contributed by atoms with Crippen LogP contribution in [0.1, 0.15) is 53.9 Å². The van der Waals surface area contributed by atoms with E-state index in [0.717, 1.165) is 30.5 Å². The van der Waals surface area contributed by atoms with Gasteiger partial charge in [-0.3, -0.25) is 0 Å². The second kappa shape index (κ2) is 10.9. The number of nitrogens with zero attached hydrogens (tertiary/aromatic N) is 4. The molecule has 2 amide bonds. The Labute approximate surface area is 202 Å². The Morgan fingerprint density at radius 3 is 2.54 bits per heavy atom. The van der Waals surface area contributed by atoms with E-state index in [1.54, 1.807) is 24.0 Å². The fraction of sp³-hybridized carbons (Fsp3) is 0.625. The number of halogens is 3. The van der Waals surface area contributed by atoms with Gasteiger partial charge in [0, 0.05) is 52.7 Å². The van der Waals surface area contributed by atoms with Crippen LogP contribution >= 0.6 is 0 Å². The highest BCUT2D eigenvalue weighted by Crippen LogP contribution is 2.37. The molecule has 3 atom stereocenters. The van der Waals surface area contributed by atoms with Crippen LogP contribution < -0.4 is 0 Å². The van der Waals surface area contributed by atoms with E-state index in [1.807, 2.05) is 0 Å². The monoisotopic (exact) mass is 496 g/mol. The minimum absolute atomic E-state index is 0.00159. The maximum absolute atomic E-state index is 13.5. The fourth-order valence-electron chi connectivity index (χ4n) is 4.85. The van der Waals surface area contributed by atoms with E-state index in [1.165, 1.54) is 12.1 Å². The first-order valence-corrected chi connectivity index (χ1v) is 11.8. The lowest BCUT2D eigenvalue weighted by molar-refractivity contribution is -0.137. The van der Waals surface area contributed by atoms with Gasteiger partial charge in [-0.2, -0.15) is 18.2 Å². The molecule has 3 heterocycles. The van der Waals surface area contributed by atoms with E-state index >= 15 is 0 Å². The molecule has 1 aromatic carbocycles. The molecule has 0 radical (unpaired) electrons. The van der Waals surface area contributed by atoms with Crippen molar-refractivity contribution in [3.05, 3.63) is 47.1 Å². The van der Waals surface area contributed by atoms with E-state index in [0.29, 0.717) is 57.3 Å². The van der Waals surface area contributed by atoms with Gasteiger partial charge in [0.2, 0.25) is 5.89 Å². The molecule has 2 aromatic rings. The molecule has 11 heteroatoms. The van der Waals surface area contributed by atoms with Crippen molar-refractivity contribution < 1.29 is 32.0 Å². The van der Waals surface area contributed by atoms with Crippen LogP contribution in [-0.2, 0) is 22.1 Å². The number of aromatic nitrogens is 2. The molecule has 35 heavy (non-hydrogen) atoms. The number of methoxy groups -OCH3 is 2. The van der Waals surface area contributed by atoms with Gasteiger partial charge in [-0.05, 0) is 37.0 Å². The topological polar surface area (TPSA) is 80.9 Å². The molecule has 2 aliphatic rings. The van der Waals surface area contributed by atoms with Gasteiger partial charge in [0.1, 0.15) is 0 Å². The molecule has 192 valence electrons. The summed E-state index contributed by atoms with van der Waals surface area (Å²) >= 11 is 0. The summed E-state index contributed by atoms with van der Waals surface area (Å²) in [6.45, 7) is 2.42. The first-order chi connectivity index (χ1) is 16.8. The lowest BCUT2D eigenvalue weighted by atomic mass is 9.84. The molecule has 0 N–H and O–H groups in total. The van der Waals surface area contributed by atoms with Crippen molar-refractivity contribution in [3.8, 4) is 0 Å². The third-order valence-electron chi connectivity index (χ3n) is 6.78. The second-order valence-corrected chi connectivity index (χ2v) is 9.17. The number of alkyl halides is 3. The predicted octanol–water partition coefficient (Wildman–Crippen LogP) is 4.08. The SMILES string of the molecule is COCCc1noc(C2CC(c3ccc(C(F)(F)F)cc3)CN(C(=O)N3CCCC(OC)C3)C2)n1. The Balaban J connectivity index is 1.56. The van der Waals surface area contributed by atoms with Crippen molar-refractivity contribution in [2.24, 2.45) is 0 Å². The number of benzene rings is 1. The highest BCUT2D eigenvalue weighted by atomic mass is 19.4. The predicted molar refractivity (Wildman–Crippen MR) is 120 cm³/mol. The second-order valence-electron chi connectivity index (χ2n) is 9.17. The Kier molecular flexibility index (Phi) is 7.95. The number of urea groups is 1. The molecule has 4 rings (SSSR count). The van der Waals surface area contributed by atoms with Crippen molar-refractivity contribution >= 4 is 6.03 Å². The smallest absolute Gasteiger partial charge is 0.384 e. The summed E-state index contributed by atoms with van der Waals surface area (Å²) in [7, 11) is 3.24. The fourth-order valence-corrected chi connectivity index (χ4v) is 4.85. The molecule has 3 unspecified atom stereocenters. The average molecular weight is 497 g/mol. The summed E-state index contributed by atoms with van der Waals surface area (Å²) in [6, 6.07) is 5.08. The summed E-state index contributed by atoms with van der Waals surface area (Å²) in [6.07, 6.45) is -1.55. The summed E-state index contributed by atoms with van der Waals surface area (Å²) in [5.41, 5.74) is 0.0492. The van der Waals surface area contributed by atoms with Gasteiger partial charge in [0.05, 0.1) is 24.2 Å².